The lowest BCUT2D eigenvalue weighted by Crippen LogP contribution is -2.21. The molecule has 94 valence electrons. The molecule has 0 saturated heterocycles. The second kappa shape index (κ2) is 5.69. The van der Waals surface area contributed by atoms with Gasteiger partial charge in [0.15, 0.2) is 0 Å². The number of anilines is 1. The minimum atomic E-state index is 0.753. The van der Waals surface area contributed by atoms with Crippen LogP contribution in [0.5, 0.6) is 0 Å². The number of rotatable bonds is 6. The summed E-state index contributed by atoms with van der Waals surface area (Å²) in [4.78, 5) is 6.63. The molecule has 0 unspecified atom stereocenters. The maximum Gasteiger partial charge on any atom is 0.147 e. The van der Waals surface area contributed by atoms with Gasteiger partial charge in [0.2, 0.25) is 0 Å². The van der Waals surface area contributed by atoms with Gasteiger partial charge < -0.3 is 10.2 Å². The minimum Gasteiger partial charge on any atom is -0.358 e. The standard InChI is InChI=1S/C13H20ClN3/c1-3-15-7-11-6-12(14)13(16-8-11)17(2)9-10-4-5-10/h6,8,10,15H,3-5,7,9H2,1-2H3. The number of halogens is 1. The van der Waals surface area contributed by atoms with Crippen LogP contribution in [0, 0.1) is 5.92 Å². The molecular formula is C13H20ClN3. The highest BCUT2D eigenvalue weighted by molar-refractivity contribution is 6.33. The SMILES string of the molecule is CCNCc1cnc(N(C)CC2CC2)c(Cl)c1. The summed E-state index contributed by atoms with van der Waals surface area (Å²) in [6.07, 6.45) is 4.61. The first kappa shape index (κ1) is 12.7. The molecule has 0 bridgehead atoms. The molecule has 0 spiro atoms. The van der Waals surface area contributed by atoms with Crippen molar-refractivity contribution in [1.29, 1.82) is 0 Å². The van der Waals surface area contributed by atoms with Crippen molar-refractivity contribution in [3.05, 3.63) is 22.8 Å². The van der Waals surface area contributed by atoms with E-state index in [1.807, 2.05) is 12.3 Å². The Kier molecular flexibility index (Phi) is 4.24. The molecule has 0 radical (unpaired) electrons. The summed E-state index contributed by atoms with van der Waals surface area (Å²) in [7, 11) is 2.07. The van der Waals surface area contributed by atoms with Crippen LogP contribution in [-0.2, 0) is 6.54 Å². The maximum absolute atomic E-state index is 6.28. The van der Waals surface area contributed by atoms with Crippen LogP contribution in [0.15, 0.2) is 12.3 Å². The first-order valence-electron chi connectivity index (χ1n) is 6.27. The molecule has 1 heterocycles. The topological polar surface area (TPSA) is 28.2 Å². The van der Waals surface area contributed by atoms with E-state index < -0.39 is 0 Å². The van der Waals surface area contributed by atoms with Crippen LogP contribution < -0.4 is 10.2 Å². The van der Waals surface area contributed by atoms with E-state index in [0.717, 1.165) is 42.0 Å². The van der Waals surface area contributed by atoms with E-state index in [9.17, 15) is 0 Å². The van der Waals surface area contributed by atoms with Gasteiger partial charge in [0.25, 0.3) is 0 Å². The fourth-order valence-corrected chi connectivity index (χ4v) is 2.22. The summed E-state index contributed by atoms with van der Waals surface area (Å²) in [6, 6.07) is 2.01. The predicted octanol–water partition coefficient (Wildman–Crippen LogP) is 2.69. The van der Waals surface area contributed by atoms with Crippen molar-refractivity contribution in [3.63, 3.8) is 0 Å². The van der Waals surface area contributed by atoms with Crippen molar-refractivity contribution >= 4 is 17.4 Å². The molecule has 1 aromatic heterocycles. The summed E-state index contributed by atoms with van der Waals surface area (Å²) in [5.41, 5.74) is 1.14. The molecule has 1 aliphatic carbocycles. The number of hydrogen-bond donors (Lipinski definition) is 1. The van der Waals surface area contributed by atoms with Crippen LogP contribution in [0.25, 0.3) is 0 Å². The lowest BCUT2D eigenvalue weighted by Gasteiger charge is -2.19. The quantitative estimate of drug-likeness (QED) is 0.845. The second-order valence-corrected chi connectivity index (χ2v) is 5.16. The highest BCUT2D eigenvalue weighted by Gasteiger charge is 2.24. The highest BCUT2D eigenvalue weighted by Crippen LogP contribution is 2.32. The number of nitrogens with zero attached hydrogens (tertiary/aromatic N) is 2. The zero-order chi connectivity index (χ0) is 12.3. The lowest BCUT2D eigenvalue weighted by atomic mass is 10.2. The van der Waals surface area contributed by atoms with E-state index in [2.05, 4.69) is 29.2 Å². The third kappa shape index (κ3) is 3.58. The number of hydrogen-bond acceptors (Lipinski definition) is 3. The molecule has 1 aromatic rings. The third-order valence-corrected chi connectivity index (χ3v) is 3.33. The van der Waals surface area contributed by atoms with Crippen LogP contribution in [0.3, 0.4) is 0 Å². The molecule has 0 amide bonds. The summed E-state index contributed by atoms with van der Waals surface area (Å²) >= 11 is 6.28. The Balaban J connectivity index is 2.01. The Bertz CT molecular complexity index is 377. The number of pyridine rings is 1. The maximum atomic E-state index is 6.28. The molecular weight excluding hydrogens is 234 g/mol. The molecule has 0 aliphatic heterocycles. The van der Waals surface area contributed by atoms with Gasteiger partial charge in [-0.25, -0.2) is 4.98 Å². The van der Waals surface area contributed by atoms with E-state index in [-0.39, 0.29) is 0 Å². The Labute approximate surface area is 108 Å². The number of aromatic nitrogens is 1. The van der Waals surface area contributed by atoms with Crippen LogP contribution in [0.2, 0.25) is 5.02 Å². The lowest BCUT2D eigenvalue weighted by molar-refractivity contribution is 0.722. The highest BCUT2D eigenvalue weighted by atomic mass is 35.5. The van der Waals surface area contributed by atoms with Gasteiger partial charge in [0.05, 0.1) is 5.02 Å². The Hall–Kier alpha value is -0.800. The van der Waals surface area contributed by atoms with Gasteiger partial charge in [-0.2, -0.15) is 0 Å². The van der Waals surface area contributed by atoms with Gasteiger partial charge in [0.1, 0.15) is 5.82 Å². The van der Waals surface area contributed by atoms with Gasteiger partial charge >= 0.3 is 0 Å². The molecule has 0 aromatic carbocycles. The van der Waals surface area contributed by atoms with Crippen LogP contribution in [-0.4, -0.2) is 25.1 Å². The molecule has 1 N–H and O–H groups in total. The van der Waals surface area contributed by atoms with Crippen molar-refractivity contribution in [2.75, 3.05) is 25.0 Å². The molecule has 2 rings (SSSR count). The van der Waals surface area contributed by atoms with Gasteiger partial charge in [0, 0.05) is 26.3 Å². The van der Waals surface area contributed by atoms with Crippen molar-refractivity contribution in [1.82, 2.24) is 10.3 Å². The van der Waals surface area contributed by atoms with Crippen LogP contribution in [0.1, 0.15) is 25.3 Å². The average Bonchev–Trinajstić information content (AvgIpc) is 3.10. The van der Waals surface area contributed by atoms with E-state index in [1.54, 1.807) is 0 Å². The molecule has 1 aliphatic rings. The van der Waals surface area contributed by atoms with Gasteiger partial charge in [-0.3, -0.25) is 0 Å². The first-order chi connectivity index (χ1) is 8.20. The minimum absolute atomic E-state index is 0.753. The fourth-order valence-electron chi connectivity index (χ4n) is 1.89. The summed E-state index contributed by atoms with van der Waals surface area (Å²) < 4.78 is 0. The molecule has 17 heavy (non-hydrogen) atoms. The Morgan fingerprint density at radius 1 is 1.53 bits per heavy atom. The van der Waals surface area contributed by atoms with E-state index >= 15 is 0 Å². The van der Waals surface area contributed by atoms with E-state index in [4.69, 9.17) is 11.6 Å². The van der Waals surface area contributed by atoms with Crippen molar-refractivity contribution in [2.24, 2.45) is 5.92 Å². The summed E-state index contributed by atoms with van der Waals surface area (Å²) in [5.74, 6) is 1.75. The molecule has 0 atom stereocenters. The van der Waals surface area contributed by atoms with Crippen LogP contribution >= 0.6 is 11.6 Å². The first-order valence-corrected chi connectivity index (χ1v) is 6.64. The average molecular weight is 254 g/mol. The summed E-state index contributed by atoms with van der Waals surface area (Å²) in [5, 5.41) is 4.02. The van der Waals surface area contributed by atoms with Crippen molar-refractivity contribution in [2.45, 2.75) is 26.3 Å². The zero-order valence-corrected chi connectivity index (χ0v) is 11.3. The van der Waals surface area contributed by atoms with E-state index in [1.165, 1.54) is 12.8 Å². The third-order valence-electron chi connectivity index (χ3n) is 3.05. The normalized spacial score (nSPS) is 15.0. The zero-order valence-electron chi connectivity index (χ0n) is 10.5. The number of nitrogens with one attached hydrogen (secondary N) is 1. The Morgan fingerprint density at radius 3 is 2.88 bits per heavy atom. The summed E-state index contributed by atoms with van der Waals surface area (Å²) in [6.45, 7) is 4.95. The van der Waals surface area contributed by atoms with E-state index in [0.29, 0.717) is 0 Å². The molecule has 4 heteroatoms. The largest absolute Gasteiger partial charge is 0.358 e. The van der Waals surface area contributed by atoms with Gasteiger partial charge in [-0.1, -0.05) is 18.5 Å². The Morgan fingerprint density at radius 2 is 2.29 bits per heavy atom. The van der Waals surface area contributed by atoms with Gasteiger partial charge in [-0.15, -0.1) is 0 Å². The second-order valence-electron chi connectivity index (χ2n) is 4.75. The molecule has 3 nitrogen and oxygen atoms in total. The molecule has 1 fully saturated rings. The van der Waals surface area contributed by atoms with Crippen molar-refractivity contribution in [3.8, 4) is 0 Å². The monoisotopic (exact) mass is 253 g/mol. The smallest absolute Gasteiger partial charge is 0.147 e. The predicted molar refractivity (Wildman–Crippen MR) is 72.6 cm³/mol. The van der Waals surface area contributed by atoms with Crippen molar-refractivity contribution < 1.29 is 0 Å². The fraction of sp³-hybridized carbons (Fsp3) is 0.615. The molecule has 1 saturated carbocycles. The van der Waals surface area contributed by atoms with Crippen LogP contribution in [0.4, 0.5) is 5.82 Å². The van der Waals surface area contributed by atoms with Gasteiger partial charge in [-0.05, 0) is 36.9 Å².